The van der Waals surface area contributed by atoms with Crippen molar-refractivity contribution in [2.75, 3.05) is 5.73 Å². The van der Waals surface area contributed by atoms with E-state index in [1.165, 1.54) is 16.7 Å². The van der Waals surface area contributed by atoms with E-state index in [9.17, 15) is 9.18 Å². The Kier molecular flexibility index (Phi) is 2.70. The topological polar surface area (TPSA) is 86.9 Å². The molecular weight excluding hydrogens is 259 g/mol. The molecule has 0 fully saturated rings. The van der Waals surface area contributed by atoms with Gasteiger partial charge in [-0.1, -0.05) is 11.6 Å². The van der Waals surface area contributed by atoms with Gasteiger partial charge in [-0.15, -0.1) is 0 Å². The van der Waals surface area contributed by atoms with Gasteiger partial charge >= 0.3 is 0 Å². The van der Waals surface area contributed by atoms with Gasteiger partial charge in [0.2, 0.25) is 11.9 Å². The third-order valence-corrected chi connectivity index (χ3v) is 3.17. The third-order valence-electron chi connectivity index (χ3n) is 2.88. The minimum Gasteiger partial charge on any atom is -0.369 e. The number of nitrogen functional groups attached to an aromatic ring is 1. The predicted molar refractivity (Wildman–Crippen MR) is 67.6 cm³/mol. The molecule has 1 aromatic carbocycles. The number of amides is 1. The first-order chi connectivity index (χ1) is 8.25. The smallest absolute Gasteiger partial charge is 0.243 e. The summed E-state index contributed by atoms with van der Waals surface area (Å²) in [6, 6.07) is 2.54. The number of hydrogen-bond acceptors (Lipinski definition) is 3. The fraction of sp³-hybridized carbons (Fsp3) is 0.273. The van der Waals surface area contributed by atoms with Gasteiger partial charge < -0.3 is 11.5 Å². The summed E-state index contributed by atoms with van der Waals surface area (Å²) >= 11 is 5.67. The molecule has 0 saturated heterocycles. The summed E-state index contributed by atoms with van der Waals surface area (Å²) in [7, 11) is 0. The zero-order valence-electron chi connectivity index (χ0n) is 9.87. The van der Waals surface area contributed by atoms with Gasteiger partial charge in [0, 0.05) is 6.07 Å². The SMILES string of the molecule is CC(C)(C(N)=O)n1c(N)nc2cc(Cl)c(F)cc21. The lowest BCUT2D eigenvalue weighted by Crippen LogP contribution is -2.41. The van der Waals surface area contributed by atoms with Crippen LogP contribution in [0.15, 0.2) is 12.1 Å². The van der Waals surface area contributed by atoms with Crippen LogP contribution >= 0.6 is 11.6 Å². The predicted octanol–water partition coefficient (Wildman–Crippen LogP) is 1.63. The van der Waals surface area contributed by atoms with Crippen molar-refractivity contribution in [1.82, 2.24) is 9.55 Å². The lowest BCUT2D eigenvalue weighted by atomic mass is 10.0. The van der Waals surface area contributed by atoms with Crippen LogP contribution < -0.4 is 11.5 Å². The maximum atomic E-state index is 13.5. The lowest BCUT2D eigenvalue weighted by Gasteiger charge is -2.24. The van der Waals surface area contributed by atoms with E-state index in [0.29, 0.717) is 11.0 Å². The van der Waals surface area contributed by atoms with Crippen LogP contribution in [0.4, 0.5) is 10.3 Å². The Labute approximate surface area is 108 Å². The second-order valence-electron chi connectivity index (χ2n) is 4.48. The first-order valence-electron chi connectivity index (χ1n) is 5.18. The van der Waals surface area contributed by atoms with Gasteiger partial charge in [0.1, 0.15) is 11.4 Å². The van der Waals surface area contributed by atoms with Crippen molar-refractivity contribution in [3.05, 3.63) is 23.0 Å². The molecule has 2 rings (SSSR count). The number of nitrogens with two attached hydrogens (primary N) is 2. The number of rotatable bonds is 2. The Morgan fingerprint density at radius 1 is 1.50 bits per heavy atom. The molecule has 7 heteroatoms. The van der Waals surface area contributed by atoms with Crippen molar-refractivity contribution < 1.29 is 9.18 Å². The van der Waals surface area contributed by atoms with Crippen LogP contribution in [0.1, 0.15) is 13.8 Å². The molecule has 0 aliphatic heterocycles. The fourth-order valence-corrected chi connectivity index (χ4v) is 1.95. The highest BCUT2D eigenvalue weighted by Gasteiger charge is 2.31. The zero-order valence-corrected chi connectivity index (χ0v) is 10.6. The molecular formula is C11H12ClFN4O. The molecule has 5 nitrogen and oxygen atoms in total. The van der Waals surface area contributed by atoms with Crippen molar-refractivity contribution in [3.63, 3.8) is 0 Å². The lowest BCUT2D eigenvalue weighted by molar-refractivity contribution is -0.124. The Morgan fingerprint density at radius 3 is 2.67 bits per heavy atom. The average Bonchev–Trinajstić information content (AvgIpc) is 2.54. The van der Waals surface area contributed by atoms with E-state index in [2.05, 4.69) is 4.98 Å². The molecule has 0 bridgehead atoms. The van der Waals surface area contributed by atoms with Crippen molar-refractivity contribution in [2.24, 2.45) is 5.73 Å². The molecule has 96 valence electrons. The maximum Gasteiger partial charge on any atom is 0.243 e. The Balaban J connectivity index is 2.83. The van der Waals surface area contributed by atoms with E-state index in [0.717, 1.165) is 0 Å². The highest BCUT2D eigenvalue weighted by Crippen LogP contribution is 2.29. The number of benzene rings is 1. The normalized spacial score (nSPS) is 12.0. The van der Waals surface area contributed by atoms with Gasteiger partial charge in [-0.3, -0.25) is 9.36 Å². The summed E-state index contributed by atoms with van der Waals surface area (Å²) in [4.78, 5) is 15.5. The Bertz CT molecular complexity index is 650. The molecule has 1 heterocycles. The summed E-state index contributed by atoms with van der Waals surface area (Å²) in [6.07, 6.45) is 0. The maximum absolute atomic E-state index is 13.5. The first-order valence-corrected chi connectivity index (χ1v) is 5.56. The van der Waals surface area contributed by atoms with Crippen LogP contribution in [-0.2, 0) is 10.3 Å². The standard InChI is InChI=1S/C11H12ClFN4O/c1-11(2,9(14)18)17-8-4-6(13)5(12)3-7(8)16-10(17)15/h3-4H,1-2H3,(H2,14,18)(H2,15,16). The molecule has 0 aliphatic rings. The second-order valence-corrected chi connectivity index (χ2v) is 4.89. The molecule has 0 atom stereocenters. The van der Waals surface area contributed by atoms with Crippen molar-refractivity contribution in [1.29, 1.82) is 0 Å². The van der Waals surface area contributed by atoms with E-state index in [1.54, 1.807) is 13.8 Å². The average molecular weight is 271 g/mol. The van der Waals surface area contributed by atoms with Gasteiger partial charge in [0.05, 0.1) is 16.1 Å². The highest BCUT2D eigenvalue weighted by molar-refractivity contribution is 6.31. The van der Waals surface area contributed by atoms with Crippen LogP contribution in [0, 0.1) is 5.82 Å². The largest absolute Gasteiger partial charge is 0.369 e. The summed E-state index contributed by atoms with van der Waals surface area (Å²) < 4.78 is 14.9. The minimum atomic E-state index is -1.11. The molecule has 0 spiro atoms. The molecule has 2 aromatic rings. The zero-order chi connectivity index (χ0) is 13.7. The van der Waals surface area contributed by atoms with Crippen LogP contribution in [0.2, 0.25) is 5.02 Å². The van der Waals surface area contributed by atoms with E-state index >= 15 is 0 Å². The summed E-state index contributed by atoms with van der Waals surface area (Å²) in [5.74, 6) is -1.12. The van der Waals surface area contributed by atoms with E-state index < -0.39 is 17.3 Å². The monoisotopic (exact) mass is 270 g/mol. The number of imidazole rings is 1. The van der Waals surface area contributed by atoms with Gasteiger partial charge in [-0.2, -0.15) is 0 Å². The number of nitrogens with zero attached hydrogens (tertiary/aromatic N) is 2. The second kappa shape index (κ2) is 3.84. The van der Waals surface area contributed by atoms with Crippen LogP contribution in [0.3, 0.4) is 0 Å². The van der Waals surface area contributed by atoms with Crippen molar-refractivity contribution >= 4 is 34.5 Å². The van der Waals surface area contributed by atoms with Crippen LogP contribution in [0.5, 0.6) is 0 Å². The van der Waals surface area contributed by atoms with Gasteiger partial charge in [-0.25, -0.2) is 9.37 Å². The molecule has 0 radical (unpaired) electrons. The summed E-state index contributed by atoms with van der Waals surface area (Å²) in [5, 5.41) is -0.0518. The van der Waals surface area contributed by atoms with Gasteiger partial charge in [0.15, 0.2) is 0 Å². The summed E-state index contributed by atoms with van der Waals surface area (Å²) in [6.45, 7) is 3.17. The Hall–Kier alpha value is -1.82. The number of carbonyl (C=O) groups is 1. The number of carbonyl (C=O) groups excluding carboxylic acids is 1. The molecule has 0 aliphatic carbocycles. The number of primary amides is 1. The fourth-order valence-electron chi connectivity index (χ4n) is 1.79. The summed E-state index contributed by atoms with van der Waals surface area (Å²) in [5.41, 5.74) is 10.8. The molecule has 0 unspecified atom stereocenters. The number of anilines is 1. The quantitative estimate of drug-likeness (QED) is 0.869. The van der Waals surface area contributed by atoms with Crippen molar-refractivity contribution in [3.8, 4) is 0 Å². The van der Waals surface area contributed by atoms with E-state index in [4.69, 9.17) is 23.1 Å². The van der Waals surface area contributed by atoms with Gasteiger partial charge in [-0.05, 0) is 19.9 Å². The van der Waals surface area contributed by atoms with E-state index in [-0.39, 0.29) is 11.0 Å². The molecule has 0 saturated carbocycles. The van der Waals surface area contributed by atoms with Crippen LogP contribution in [0.25, 0.3) is 11.0 Å². The van der Waals surface area contributed by atoms with Crippen LogP contribution in [-0.4, -0.2) is 15.5 Å². The minimum absolute atomic E-state index is 0.0518. The third kappa shape index (κ3) is 1.69. The van der Waals surface area contributed by atoms with E-state index in [1.807, 2.05) is 0 Å². The van der Waals surface area contributed by atoms with Gasteiger partial charge in [0.25, 0.3) is 0 Å². The molecule has 18 heavy (non-hydrogen) atoms. The number of hydrogen-bond donors (Lipinski definition) is 2. The highest BCUT2D eigenvalue weighted by atomic mass is 35.5. The molecule has 1 amide bonds. The molecule has 1 aromatic heterocycles. The molecule has 4 N–H and O–H groups in total. The number of aromatic nitrogens is 2. The first kappa shape index (κ1) is 12.6. The Morgan fingerprint density at radius 2 is 2.11 bits per heavy atom. The number of halogens is 2. The number of fused-ring (bicyclic) bond motifs is 1. The van der Waals surface area contributed by atoms with Crippen molar-refractivity contribution in [2.45, 2.75) is 19.4 Å².